The van der Waals surface area contributed by atoms with Gasteiger partial charge >= 0.3 is 0 Å². The highest BCUT2D eigenvalue weighted by atomic mass is 15.2. The van der Waals surface area contributed by atoms with Crippen LogP contribution in [-0.2, 0) is 0 Å². The number of rotatable bonds is 4. The Labute approximate surface area is 152 Å². The third-order valence-electron chi connectivity index (χ3n) is 4.98. The van der Waals surface area contributed by atoms with Crippen molar-refractivity contribution in [3.63, 3.8) is 0 Å². The van der Waals surface area contributed by atoms with E-state index in [4.69, 9.17) is 10.8 Å². The molecule has 0 saturated carbocycles. The van der Waals surface area contributed by atoms with Crippen LogP contribution in [0.15, 0.2) is 48.5 Å². The van der Waals surface area contributed by atoms with Crippen molar-refractivity contribution in [1.82, 2.24) is 9.55 Å². The molecule has 6 heteroatoms. The highest BCUT2D eigenvalue weighted by Gasteiger charge is 2.16. The van der Waals surface area contributed by atoms with Crippen molar-refractivity contribution in [2.45, 2.75) is 12.8 Å². The maximum Gasteiger partial charge on any atom is 0.229 e. The molecule has 0 unspecified atom stereocenters. The highest BCUT2D eigenvalue weighted by molar-refractivity contribution is 5.94. The third-order valence-corrected chi connectivity index (χ3v) is 4.98. The largest absolute Gasteiger partial charge is 0.371 e. The summed E-state index contributed by atoms with van der Waals surface area (Å²) in [5, 5.41) is 16.7. The number of aromatic nitrogens is 2. The number of hydrogen-bond acceptors (Lipinski definition) is 5. The van der Waals surface area contributed by atoms with Crippen LogP contribution in [0, 0.1) is 10.8 Å². The lowest BCUT2D eigenvalue weighted by Crippen LogP contribution is -2.26. The van der Waals surface area contributed by atoms with Crippen molar-refractivity contribution in [2.75, 3.05) is 29.9 Å². The number of benzene rings is 2. The molecule has 26 heavy (non-hydrogen) atoms. The van der Waals surface area contributed by atoms with E-state index in [0.29, 0.717) is 0 Å². The zero-order valence-corrected chi connectivity index (χ0v) is 14.8. The molecule has 0 bridgehead atoms. The van der Waals surface area contributed by atoms with Gasteiger partial charge in [0.2, 0.25) is 5.62 Å². The van der Waals surface area contributed by atoms with Gasteiger partial charge in [-0.3, -0.25) is 15.4 Å². The molecule has 2 aromatic carbocycles. The number of fused-ring (bicyclic) bond motifs is 1. The van der Waals surface area contributed by atoms with Gasteiger partial charge in [0.05, 0.1) is 11.9 Å². The minimum absolute atomic E-state index is 0.0521. The molecule has 4 rings (SSSR count). The first-order valence-corrected chi connectivity index (χ1v) is 8.84. The number of nitrogens with zero attached hydrogens (tertiary/aromatic N) is 4. The van der Waals surface area contributed by atoms with Crippen molar-refractivity contribution in [2.24, 2.45) is 0 Å². The molecule has 2 N–H and O–H groups in total. The summed E-state index contributed by atoms with van der Waals surface area (Å²) in [7, 11) is 1.98. The first-order chi connectivity index (χ1) is 12.7. The second kappa shape index (κ2) is 6.63. The van der Waals surface area contributed by atoms with E-state index in [1.165, 1.54) is 23.1 Å². The van der Waals surface area contributed by atoms with E-state index in [0.717, 1.165) is 41.8 Å². The fourth-order valence-electron chi connectivity index (χ4n) is 3.58. The molecule has 0 aliphatic carbocycles. The summed E-state index contributed by atoms with van der Waals surface area (Å²) in [6.07, 6.45) is 3.63. The maximum atomic E-state index is 8.19. The Bertz CT molecular complexity index is 1020. The van der Waals surface area contributed by atoms with Crippen molar-refractivity contribution >= 4 is 34.4 Å². The lowest BCUT2D eigenvalue weighted by atomic mass is 10.2. The molecular formula is C20H22N6. The standard InChI is InChI=1S/C20H22N6/c1-24(15-7-6-8-16(13-15)25-11-4-5-12-25)19-17-9-2-3-10-18(17)26(14-21)20(22)23-19/h2-3,6-10,13-14,21-22H,4-5,11-12H2,1H3. The molecule has 1 saturated heterocycles. The Morgan fingerprint density at radius 2 is 1.85 bits per heavy atom. The van der Waals surface area contributed by atoms with Crippen LogP contribution in [0.25, 0.3) is 10.9 Å². The maximum absolute atomic E-state index is 8.19. The van der Waals surface area contributed by atoms with Gasteiger partial charge in [0.25, 0.3) is 0 Å². The quantitative estimate of drug-likeness (QED) is 0.562. The Hall–Kier alpha value is -3.15. The molecule has 0 atom stereocenters. The van der Waals surface area contributed by atoms with Crippen molar-refractivity contribution < 1.29 is 0 Å². The average molecular weight is 346 g/mol. The first kappa shape index (κ1) is 16.3. The summed E-state index contributed by atoms with van der Waals surface area (Å²) >= 11 is 0. The zero-order chi connectivity index (χ0) is 18.1. The summed E-state index contributed by atoms with van der Waals surface area (Å²) in [6.45, 7) is 2.21. The van der Waals surface area contributed by atoms with Crippen LogP contribution in [0.3, 0.4) is 0 Å². The number of anilines is 3. The Morgan fingerprint density at radius 1 is 1.08 bits per heavy atom. The molecule has 1 aromatic heterocycles. The van der Waals surface area contributed by atoms with Gasteiger partial charge in [-0.1, -0.05) is 18.2 Å². The number of nitrogens with one attached hydrogen (secondary N) is 2. The third kappa shape index (κ3) is 2.73. The molecule has 1 aliphatic rings. The van der Waals surface area contributed by atoms with Crippen molar-refractivity contribution in [3.8, 4) is 0 Å². The number of para-hydroxylation sites is 1. The van der Waals surface area contributed by atoms with Gasteiger partial charge in [0, 0.05) is 36.9 Å². The lowest BCUT2D eigenvalue weighted by molar-refractivity contribution is 0.914. The van der Waals surface area contributed by atoms with E-state index in [1.54, 1.807) is 0 Å². The van der Waals surface area contributed by atoms with Gasteiger partial charge in [-0.05, 0) is 43.2 Å². The van der Waals surface area contributed by atoms with Gasteiger partial charge in [-0.25, -0.2) is 0 Å². The predicted molar refractivity (Wildman–Crippen MR) is 106 cm³/mol. The fourth-order valence-corrected chi connectivity index (χ4v) is 3.58. The van der Waals surface area contributed by atoms with Gasteiger partial charge in [-0.15, -0.1) is 0 Å². The topological polar surface area (TPSA) is 72.0 Å². The van der Waals surface area contributed by atoms with Crippen LogP contribution in [0.4, 0.5) is 17.2 Å². The molecule has 3 aromatic rings. The molecular weight excluding hydrogens is 324 g/mol. The van der Waals surface area contributed by atoms with E-state index in [1.807, 2.05) is 36.2 Å². The summed E-state index contributed by atoms with van der Waals surface area (Å²) in [4.78, 5) is 8.90. The average Bonchev–Trinajstić information content (AvgIpc) is 3.22. The van der Waals surface area contributed by atoms with Crippen LogP contribution in [0.1, 0.15) is 12.8 Å². The highest BCUT2D eigenvalue weighted by Crippen LogP contribution is 2.31. The van der Waals surface area contributed by atoms with E-state index in [9.17, 15) is 0 Å². The monoisotopic (exact) mass is 346 g/mol. The van der Waals surface area contributed by atoms with Crippen LogP contribution in [0.2, 0.25) is 0 Å². The second-order valence-corrected chi connectivity index (χ2v) is 6.55. The summed E-state index contributed by atoms with van der Waals surface area (Å²) in [6, 6.07) is 16.2. The molecule has 0 radical (unpaired) electrons. The molecule has 0 spiro atoms. The summed E-state index contributed by atoms with van der Waals surface area (Å²) in [5.41, 5.74) is 3.13. The van der Waals surface area contributed by atoms with Gasteiger partial charge in [0.15, 0.2) is 0 Å². The smallest absolute Gasteiger partial charge is 0.229 e. The van der Waals surface area contributed by atoms with E-state index < -0.39 is 0 Å². The van der Waals surface area contributed by atoms with E-state index >= 15 is 0 Å². The molecule has 1 aliphatic heterocycles. The van der Waals surface area contributed by atoms with Crippen LogP contribution >= 0.6 is 0 Å². The summed E-state index contributed by atoms with van der Waals surface area (Å²) < 4.78 is 1.48. The fraction of sp³-hybridized carbons (Fsp3) is 0.250. The van der Waals surface area contributed by atoms with Crippen molar-refractivity contribution in [3.05, 3.63) is 54.1 Å². The molecule has 2 heterocycles. The van der Waals surface area contributed by atoms with Crippen LogP contribution < -0.4 is 15.4 Å². The SMILES string of the molecule is CN(c1cccc(N2CCCC2)c1)c1nc(=N)n(C=N)c2ccccc12. The Kier molecular flexibility index (Phi) is 4.16. The van der Waals surface area contributed by atoms with Crippen LogP contribution in [-0.4, -0.2) is 36.0 Å². The molecule has 6 nitrogen and oxygen atoms in total. The van der Waals surface area contributed by atoms with Crippen LogP contribution in [0.5, 0.6) is 0 Å². The summed E-state index contributed by atoms with van der Waals surface area (Å²) in [5.74, 6) is 0.724. The minimum atomic E-state index is 0.0521. The zero-order valence-electron chi connectivity index (χ0n) is 14.8. The van der Waals surface area contributed by atoms with Gasteiger partial charge in [-0.2, -0.15) is 4.98 Å². The molecule has 1 fully saturated rings. The minimum Gasteiger partial charge on any atom is -0.371 e. The first-order valence-electron chi connectivity index (χ1n) is 8.84. The molecule has 132 valence electrons. The van der Waals surface area contributed by atoms with E-state index in [-0.39, 0.29) is 5.62 Å². The van der Waals surface area contributed by atoms with Gasteiger partial charge in [0.1, 0.15) is 5.82 Å². The van der Waals surface area contributed by atoms with Gasteiger partial charge < -0.3 is 9.80 Å². The lowest BCUT2D eigenvalue weighted by Gasteiger charge is -2.24. The van der Waals surface area contributed by atoms with E-state index in [2.05, 4.69) is 34.1 Å². The predicted octanol–water partition coefficient (Wildman–Crippen LogP) is 3.34. The Morgan fingerprint density at radius 3 is 2.62 bits per heavy atom. The second-order valence-electron chi connectivity index (χ2n) is 6.55. The normalized spacial score (nSPS) is 14.0. The molecule has 0 amide bonds. The van der Waals surface area contributed by atoms with Crippen molar-refractivity contribution in [1.29, 1.82) is 10.8 Å². The number of hydrogen-bond donors (Lipinski definition) is 2. The Balaban J connectivity index is 1.82.